The lowest BCUT2D eigenvalue weighted by molar-refractivity contribution is 0.215. The van der Waals surface area contributed by atoms with Crippen LogP contribution in [0.3, 0.4) is 0 Å². The van der Waals surface area contributed by atoms with Crippen LogP contribution in [0, 0.1) is 17.3 Å². The first kappa shape index (κ1) is 12.0. The van der Waals surface area contributed by atoms with Crippen LogP contribution in [0.5, 0.6) is 0 Å². The molecule has 0 aromatic rings. The molecule has 0 nitrogen and oxygen atoms in total. The summed E-state index contributed by atoms with van der Waals surface area (Å²) in [4.78, 5) is 0. The second kappa shape index (κ2) is 4.89. The zero-order valence-corrected chi connectivity index (χ0v) is 9.78. The highest BCUT2D eigenvalue weighted by molar-refractivity contribution is 4.71. The Balaban J connectivity index is 3.76. The van der Waals surface area contributed by atoms with E-state index < -0.39 is 0 Å². The molecule has 0 aromatic carbocycles. The van der Waals surface area contributed by atoms with Gasteiger partial charge in [0.15, 0.2) is 0 Å². The van der Waals surface area contributed by atoms with E-state index in [-0.39, 0.29) is 0 Å². The topological polar surface area (TPSA) is 0 Å². The largest absolute Gasteiger partial charge is 0.0654 e. The molecule has 0 spiro atoms. The highest BCUT2D eigenvalue weighted by Crippen LogP contribution is 2.31. The van der Waals surface area contributed by atoms with E-state index in [0.29, 0.717) is 5.41 Å². The van der Waals surface area contributed by atoms with Crippen LogP contribution in [-0.4, -0.2) is 0 Å². The van der Waals surface area contributed by atoms with E-state index in [4.69, 9.17) is 0 Å². The van der Waals surface area contributed by atoms with Gasteiger partial charge in [-0.1, -0.05) is 54.4 Å². The summed E-state index contributed by atoms with van der Waals surface area (Å²) in [5.74, 6) is 1.75. The predicted octanol–water partition coefficient (Wildman–Crippen LogP) is 4.49. The molecule has 0 fully saturated rings. The van der Waals surface area contributed by atoms with Gasteiger partial charge in [0.25, 0.3) is 0 Å². The van der Waals surface area contributed by atoms with E-state index in [1.54, 1.807) is 0 Å². The fraction of sp³-hybridized carbons (Fsp3) is 1.00. The standard InChI is InChI=1S/C12H26/c1-7-8-10(2)9-11(3)12(4,5)6/h10-11H,7-9H2,1-6H3. The fourth-order valence-corrected chi connectivity index (χ4v) is 1.57. The van der Waals surface area contributed by atoms with Crippen LogP contribution < -0.4 is 0 Å². The van der Waals surface area contributed by atoms with E-state index in [0.717, 1.165) is 11.8 Å². The van der Waals surface area contributed by atoms with Crippen molar-refractivity contribution in [3.63, 3.8) is 0 Å². The number of hydrogen-bond donors (Lipinski definition) is 0. The zero-order chi connectivity index (χ0) is 9.78. The molecule has 0 saturated heterocycles. The van der Waals surface area contributed by atoms with Gasteiger partial charge in [0, 0.05) is 0 Å². The third kappa shape index (κ3) is 4.79. The van der Waals surface area contributed by atoms with Gasteiger partial charge in [-0.3, -0.25) is 0 Å². The molecule has 0 aliphatic carbocycles. The Bertz CT molecular complexity index is 108. The first-order chi connectivity index (χ1) is 5.38. The van der Waals surface area contributed by atoms with Crippen LogP contribution in [0.15, 0.2) is 0 Å². The normalized spacial score (nSPS) is 17.5. The summed E-state index contributed by atoms with van der Waals surface area (Å²) in [5, 5.41) is 0. The lowest BCUT2D eigenvalue weighted by Gasteiger charge is -2.29. The second-order valence-corrected chi connectivity index (χ2v) is 5.40. The van der Waals surface area contributed by atoms with Crippen molar-refractivity contribution in [2.24, 2.45) is 17.3 Å². The maximum absolute atomic E-state index is 2.38. The third-order valence-corrected chi connectivity index (χ3v) is 3.02. The van der Waals surface area contributed by atoms with Crippen LogP contribution in [0.25, 0.3) is 0 Å². The van der Waals surface area contributed by atoms with E-state index in [1.807, 2.05) is 0 Å². The summed E-state index contributed by atoms with van der Waals surface area (Å²) in [6, 6.07) is 0. The molecular weight excluding hydrogens is 144 g/mol. The first-order valence-corrected chi connectivity index (χ1v) is 5.38. The summed E-state index contributed by atoms with van der Waals surface area (Å²) >= 11 is 0. The maximum atomic E-state index is 2.38. The molecule has 0 N–H and O–H groups in total. The Labute approximate surface area is 78.8 Å². The summed E-state index contributed by atoms with van der Waals surface area (Å²) in [5.41, 5.74) is 0.488. The predicted molar refractivity (Wildman–Crippen MR) is 57.3 cm³/mol. The van der Waals surface area contributed by atoms with Crippen LogP contribution >= 0.6 is 0 Å². The van der Waals surface area contributed by atoms with Gasteiger partial charge in [0.05, 0.1) is 0 Å². The molecule has 2 unspecified atom stereocenters. The maximum Gasteiger partial charge on any atom is -0.0357 e. The highest BCUT2D eigenvalue weighted by Gasteiger charge is 2.21. The molecule has 74 valence electrons. The van der Waals surface area contributed by atoms with Crippen molar-refractivity contribution in [1.82, 2.24) is 0 Å². The Kier molecular flexibility index (Phi) is 4.89. The minimum Gasteiger partial charge on any atom is -0.0654 e. The van der Waals surface area contributed by atoms with Gasteiger partial charge in [-0.25, -0.2) is 0 Å². The average Bonchev–Trinajstić information content (AvgIpc) is 1.85. The molecule has 0 rings (SSSR count). The van der Waals surface area contributed by atoms with E-state index in [2.05, 4.69) is 41.5 Å². The zero-order valence-electron chi connectivity index (χ0n) is 9.78. The van der Waals surface area contributed by atoms with Gasteiger partial charge in [0.2, 0.25) is 0 Å². The Morgan fingerprint density at radius 1 is 1.08 bits per heavy atom. The lowest BCUT2D eigenvalue weighted by atomic mass is 9.77. The molecular formula is C12H26. The third-order valence-electron chi connectivity index (χ3n) is 3.02. The summed E-state index contributed by atoms with van der Waals surface area (Å²) in [6.07, 6.45) is 4.11. The summed E-state index contributed by atoms with van der Waals surface area (Å²) in [6.45, 7) is 14.1. The van der Waals surface area contributed by atoms with Crippen molar-refractivity contribution in [2.45, 2.75) is 60.8 Å². The quantitative estimate of drug-likeness (QED) is 0.583. The molecule has 0 aromatic heterocycles. The Morgan fingerprint density at radius 3 is 1.92 bits per heavy atom. The molecule has 12 heavy (non-hydrogen) atoms. The van der Waals surface area contributed by atoms with Crippen LogP contribution in [0.1, 0.15) is 60.8 Å². The minimum atomic E-state index is 0.488. The van der Waals surface area contributed by atoms with Gasteiger partial charge in [0.1, 0.15) is 0 Å². The smallest absolute Gasteiger partial charge is 0.0357 e. The molecule has 0 bridgehead atoms. The monoisotopic (exact) mass is 170 g/mol. The van der Waals surface area contributed by atoms with Crippen LogP contribution in [0.2, 0.25) is 0 Å². The SMILES string of the molecule is CCCC(C)CC(C)C(C)(C)C. The van der Waals surface area contributed by atoms with Crippen molar-refractivity contribution in [2.75, 3.05) is 0 Å². The molecule has 2 atom stereocenters. The molecule has 0 heterocycles. The van der Waals surface area contributed by atoms with Crippen molar-refractivity contribution >= 4 is 0 Å². The van der Waals surface area contributed by atoms with Gasteiger partial charge < -0.3 is 0 Å². The molecule has 0 aliphatic rings. The van der Waals surface area contributed by atoms with Gasteiger partial charge in [-0.05, 0) is 23.7 Å². The lowest BCUT2D eigenvalue weighted by Crippen LogP contribution is -2.19. The van der Waals surface area contributed by atoms with Crippen molar-refractivity contribution < 1.29 is 0 Å². The van der Waals surface area contributed by atoms with Crippen LogP contribution in [0.4, 0.5) is 0 Å². The second-order valence-electron chi connectivity index (χ2n) is 5.40. The molecule has 0 aliphatic heterocycles. The highest BCUT2D eigenvalue weighted by atomic mass is 14.3. The average molecular weight is 170 g/mol. The van der Waals surface area contributed by atoms with Gasteiger partial charge in [-0.15, -0.1) is 0 Å². The van der Waals surface area contributed by atoms with Crippen molar-refractivity contribution in [1.29, 1.82) is 0 Å². The number of hydrogen-bond acceptors (Lipinski definition) is 0. The van der Waals surface area contributed by atoms with Crippen molar-refractivity contribution in [3.8, 4) is 0 Å². The Morgan fingerprint density at radius 2 is 1.58 bits per heavy atom. The molecule has 0 radical (unpaired) electrons. The van der Waals surface area contributed by atoms with E-state index in [1.165, 1.54) is 19.3 Å². The number of rotatable bonds is 4. The minimum absolute atomic E-state index is 0.488. The van der Waals surface area contributed by atoms with Gasteiger partial charge >= 0.3 is 0 Å². The van der Waals surface area contributed by atoms with Gasteiger partial charge in [-0.2, -0.15) is 0 Å². The molecule has 0 saturated carbocycles. The summed E-state index contributed by atoms with van der Waals surface area (Å²) in [7, 11) is 0. The Hall–Kier alpha value is 0. The summed E-state index contributed by atoms with van der Waals surface area (Å²) < 4.78 is 0. The first-order valence-electron chi connectivity index (χ1n) is 5.38. The molecule has 0 heteroatoms. The van der Waals surface area contributed by atoms with E-state index >= 15 is 0 Å². The van der Waals surface area contributed by atoms with Crippen molar-refractivity contribution in [3.05, 3.63) is 0 Å². The van der Waals surface area contributed by atoms with Crippen LogP contribution in [-0.2, 0) is 0 Å². The molecule has 0 amide bonds. The fourth-order valence-electron chi connectivity index (χ4n) is 1.57. The van der Waals surface area contributed by atoms with E-state index in [9.17, 15) is 0 Å².